The van der Waals surface area contributed by atoms with E-state index in [-0.39, 0.29) is 19.4 Å². The molecule has 5 heteroatoms. The summed E-state index contributed by atoms with van der Waals surface area (Å²) in [6, 6.07) is 18.0. The van der Waals surface area contributed by atoms with Gasteiger partial charge in [0.15, 0.2) is 0 Å². The lowest BCUT2D eigenvalue weighted by molar-refractivity contribution is -0.156. The van der Waals surface area contributed by atoms with E-state index in [9.17, 15) is 13.6 Å². The van der Waals surface area contributed by atoms with Crippen molar-refractivity contribution in [3.8, 4) is 0 Å². The zero-order chi connectivity index (χ0) is 19.7. The van der Waals surface area contributed by atoms with Crippen LogP contribution in [-0.2, 0) is 9.53 Å². The van der Waals surface area contributed by atoms with Crippen LogP contribution in [0.2, 0.25) is 0 Å². The number of esters is 1. The van der Waals surface area contributed by atoms with Crippen molar-refractivity contribution in [3.63, 3.8) is 0 Å². The molecule has 2 rings (SSSR count). The van der Waals surface area contributed by atoms with Gasteiger partial charge in [0.25, 0.3) is 6.43 Å². The van der Waals surface area contributed by atoms with Crippen LogP contribution in [0.3, 0.4) is 0 Å². The summed E-state index contributed by atoms with van der Waals surface area (Å²) in [5.74, 6) is -1.02. The number of nitrogens with zero attached hydrogens (tertiary/aromatic N) is 1. The number of ether oxygens (including phenoxy) is 1. The zero-order valence-electron chi connectivity index (χ0n) is 15.3. The van der Waals surface area contributed by atoms with Gasteiger partial charge >= 0.3 is 5.97 Å². The highest BCUT2D eigenvalue weighted by Gasteiger charge is 2.48. The second-order valence-electron chi connectivity index (χ2n) is 5.97. The molecule has 0 bridgehead atoms. The van der Waals surface area contributed by atoms with E-state index in [4.69, 9.17) is 4.74 Å². The lowest BCUT2D eigenvalue weighted by Gasteiger charge is -2.28. The summed E-state index contributed by atoms with van der Waals surface area (Å²) in [4.78, 5) is 16.9. The van der Waals surface area contributed by atoms with Gasteiger partial charge in [-0.3, -0.25) is 4.99 Å². The molecule has 0 aromatic heterocycles. The Bertz CT molecular complexity index is 734. The number of hydrogen-bond donors (Lipinski definition) is 0. The van der Waals surface area contributed by atoms with Crippen molar-refractivity contribution in [3.05, 3.63) is 84.4 Å². The monoisotopic (exact) mass is 371 g/mol. The fraction of sp³-hybridized carbons (Fsp3) is 0.273. The topological polar surface area (TPSA) is 38.7 Å². The third-order valence-electron chi connectivity index (χ3n) is 4.13. The number of rotatable bonds is 9. The highest BCUT2D eigenvalue weighted by Crippen LogP contribution is 2.31. The molecule has 0 fully saturated rings. The number of carbonyl (C=O) groups is 1. The molecular weight excluding hydrogens is 348 g/mol. The summed E-state index contributed by atoms with van der Waals surface area (Å²) >= 11 is 0. The molecule has 0 saturated heterocycles. The first-order valence-electron chi connectivity index (χ1n) is 8.82. The van der Waals surface area contributed by atoms with Crippen molar-refractivity contribution >= 4 is 11.7 Å². The summed E-state index contributed by atoms with van der Waals surface area (Å²) in [6.45, 7) is 5.17. The van der Waals surface area contributed by atoms with Crippen LogP contribution >= 0.6 is 0 Å². The molecule has 2 aromatic rings. The third-order valence-corrected chi connectivity index (χ3v) is 4.13. The first-order chi connectivity index (χ1) is 13.0. The highest BCUT2D eigenvalue weighted by atomic mass is 19.3. The number of aliphatic imine (C=N–C) groups is 1. The van der Waals surface area contributed by atoms with Gasteiger partial charge in [-0.25, -0.2) is 13.6 Å². The molecule has 0 saturated carbocycles. The number of halogens is 2. The van der Waals surface area contributed by atoms with Gasteiger partial charge in [0.05, 0.1) is 12.3 Å². The van der Waals surface area contributed by atoms with Gasteiger partial charge in [-0.1, -0.05) is 66.7 Å². The molecular formula is C22H23F2NO2. The Labute approximate surface area is 158 Å². The van der Waals surface area contributed by atoms with E-state index in [1.54, 1.807) is 55.5 Å². The molecule has 0 N–H and O–H groups in total. The van der Waals surface area contributed by atoms with E-state index in [0.717, 1.165) is 0 Å². The van der Waals surface area contributed by atoms with E-state index in [0.29, 0.717) is 16.8 Å². The van der Waals surface area contributed by atoms with E-state index in [1.807, 2.05) is 12.1 Å². The third kappa shape index (κ3) is 4.88. The van der Waals surface area contributed by atoms with E-state index >= 15 is 0 Å². The lowest BCUT2D eigenvalue weighted by Crippen LogP contribution is -2.46. The SMILES string of the molecule is C=CCCC(N=C(c1ccccc1)c1ccccc1)(C(=O)OCC)C(F)F. The standard InChI is InChI=1S/C22H23F2NO2/c1-3-5-16-22(20(23)24,21(26)27-4-2)25-19(17-12-8-6-9-13-17)18-14-10-7-11-15-18/h3,6-15,20H,1,4-5,16H2,2H3. The predicted octanol–water partition coefficient (Wildman–Crippen LogP) is 5.06. The van der Waals surface area contributed by atoms with Gasteiger partial charge in [0.2, 0.25) is 5.54 Å². The van der Waals surface area contributed by atoms with Gasteiger partial charge in [0, 0.05) is 11.1 Å². The Morgan fingerprint density at radius 2 is 1.63 bits per heavy atom. The predicted molar refractivity (Wildman–Crippen MR) is 103 cm³/mol. The lowest BCUT2D eigenvalue weighted by atomic mass is 9.92. The van der Waals surface area contributed by atoms with Crippen LogP contribution in [0.15, 0.2) is 78.3 Å². The number of alkyl halides is 2. The van der Waals surface area contributed by atoms with Crippen LogP contribution in [0.4, 0.5) is 8.78 Å². The maximum atomic E-state index is 14.2. The summed E-state index contributed by atoms with van der Waals surface area (Å²) < 4.78 is 33.4. The molecule has 2 aromatic carbocycles. The summed E-state index contributed by atoms with van der Waals surface area (Å²) in [6.07, 6.45) is -1.49. The summed E-state index contributed by atoms with van der Waals surface area (Å²) in [7, 11) is 0. The second kappa shape index (κ2) is 9.76. The molecule has 0 radical (unpaired) electrons. The smallest absolute Gasteiger partial charge is 0.340 e. The largest absolute Gasteiger partial charge is 0.464 e. The fourth-order valence-corrected chi connectivity index (χ4v) is 2.72. The molecule has 0 aliphatic carbocycles. The van der Waals surface area contributed by atoms with Gasteiger partial charge in [-0.05, 0) is 19.8 Å². The molecule has 0 aliphatic rings. The van der Waals surface area contributed by atoms with Crippen molar-refractivity contribution in [1.82, 2.24) is 0 Å². The molecule has 0 spiro atoms. The molecule has 0 heterocycles. The van der Waals surface area contributed by atoms with Gasteiger partial charge in [-0.2, -0.15) is 0 Å². The van der Waals surface area contributed by atoms with E-state index in [1.165, 1.54) is 6.08 Å². The van der Waals surface area contributed by atoms with Crippen LogP contribution in [0.1, 0.15) is 30.9 Å². The molecule has 0 aliphatic heterocycles. The van der Waals surface area contributed by atoms with E-state index in [2.05, 4.69) is 11.6 Å². The Morgan fingerprint density at radius 1 is 1.11 bits per heavy atom. The van der Waals surface area contributed by atoms with Crippen molar-refractivity contribution in [2.24, 2.45) is 4.99 Å². The first-order valence-corrected chi connectivity index (χ1v) is 8.82. The van der Waals surface area contributed by atoms with Crippen molar-refractivity contribution < 1.29 is 18.3 Å². The molecule has 0 amide bonds. The second-order valence-corrected chi connectivity index (χ2v) is 5.97. The van der Waals surface area contributed by atoms with Crippen molar-refractivity contribution in [1.29, 1.82) is 0 Å². The van der Waals surface area contributed by atoms with Gasteiger partial charge < -0.3 is 4.74 Å². The molecule has 1 unspecified atom stereocenters. The maximum absolute atomic E-state index is 14.2. The normalized spacial score (nSPS) is 12.9. The van der Waals surface area contributed by atoms with Gasteiger partial charge in [0.1, 0.15) is 0 Å². The van der Waals surface area contributed by atoms with Crippen LogP contribution in [0.25, 0.3) is 0 Å². The molecule has 3 nitrogen and oxygen atoms in total. The van der Waals surface area contributed by atoms with Crippen molar-refractivity contribution in [2.75, 3.05) is 6.61 Å². The van der Waals surface area contributed by atoms with Crippen LogP contribution in [0, 0.1) is 0 Å². The summed E-state index contributed by atoms with van der Waals surface area (Å²) in [5, 5.41) is 0. The molecule has 1 atom stereocenters. The van der Waals surface area contributed by atoms with Crippen LogP contribution in [0.5, 0.6) is 0 Å². The van der Waals surface area contributed by atoms with Gasteiger partial charge in [-0.15, -0.1) is 6.58 Å². The Kier molecular flexibility index (Phi) is 7.41. The first kappa shape index (κ1) is 20.5. The summed E-state index contributed by atoms with van der Waals surface area (Å²) in [5.41, 5.74) is -0.660. The number of allylic oxidation sites excluding steroid dienone is 1. The van der Waals surface area contributed by atoms with Crippen LogP contribution in [-0.4, -0.2) is 30.3 Å². The minimum absolute atomic E-state index is 0.00290. The average Bonchev–Trinajstić information content (AvgIpc) is 2.69. The number of hydrogen-bond acceptors (Lipinski definition) is 3. The average molecular weight is 371 g/mol. The minimum atomic E-state index is -3.01. The Hall–Kier alpha value is -2.82. The quantitative estimate of drug-likeness (QED) is 0.351. The minimum Gasteiger partial charge on any atom is -0.464 e. The Morgan fingerprint density at radius 3 is 2.04 bits per heavy atom. The molecule has 142 valence electrons. The van der Waals surface area contributed by atoms with Crippen molar-refractivity contribution in [2.45, 2.75) is 31.7 Å². The zero-order valence-corrected chi connectivity index (χ0v) is 15.3. The highest BCUT2D eigenvalue weighted by molar-refractivity contribution is 6.13. The molecule has 27 heavy (non-hydrogen) atoms. The number of benzene rings is 2. The van der Waals surface area contributed by atoms with E-state index < -0.39 is 17.9 Å². The Balaban J connectivity index is 2.69. The van der Waals surface area contributed by atoms with Crippen LogP contribution < -0.4 is 0 Å². The number of carbonyl (C=O) groups excluding carboxylic acids is 1. The fourth-order valence-electron chi connectivity index (χ4n) is 2.72. The maximum Gasteiger partial charge on any atom is 0.340 e.